The minimum Gasteiger partial charge on any atom is -0.494 e. The number of aromatic nitrogens is 2. The lowest BCUT2D eigenvalue weighted by molar-refractivity contribution is 0.0947. The molecule has 0 fully saturated rings. The summed E-state index contributed by atoms with van der Waals surface area (Å²) in [4.78, 5) is 17.6. The highest BCUT2D eigenvalue weighted by molar-refractivity contribution is 9.10. The number of aryl methyl sites for hydroxylation is 2. The van der Waals surface area contributed by atoms with Crippen molar-refractivity contribution in [2.24, 2.45) is 0 Å². The number of thiophene rings is 1. The van der Waals surface area contributed by atoms with Gasteiger partial charge in [-0.05, 0) is 29.8 Å². The van der Waals surface area contributed by atoms with Crippen molar-refractivity contribution in [2.75, 3.05) is 7.11 Å². The van der Waals surface area contributed by atoms with E-state index in [9.17, 15) is 4.79 Å². The fourth-order valence-corrected chi connectivity index (χ4v) is 3.15. The van der Waals surface area contributed by atoms with E-state index in [1.165, 1.54) is 18.4 Å². The summed E-state index contributed by atoms with van der Waals surface area (Å²) in [6.45, 7) is 3.82. The summed E-state index contributed by atoms with van der Waals surface area (Å²) in [5, 5.41) is 6.37. The Morgan fingerprint density at radius 2 is 2.26 bits per heavy atom. The van der Waals surface area contributed by atoms with Gasteiger partial charge in [-0.25, -0.2) is 0 Å². The quantitative estimate of drug-likeness (QED) is 0.920. The number of ether oxygens (including phenoxy) is 1. The fourth-order valence-electron chi connectivity index (χ4n) is 1.48. The molecule has 1 N–H and O–H groups in total. The van der Waals surface area contributed by atoms with Gasteiger partial charge in [0.05, 0.1) is 18.1 Å². The molecule has 102 valence electrons. The van der Waals surface area contributed by atoms with Crippen molar-refractivity contribution in [2.45, 2.75) is 20.4 Å². The third-order valence-electron chi connectivity index (χ3n) is 2.35. The van der Waals surface area contributed by atoms with Crippen LogP contribution in [-0.2, 0) is 6.54 Å². The molecule has 0 aliphatic carbocycles. The number of nitrogens with one attached hydrogen (secondary N) is 1. The molecule has 0 saturated carbocycles. The van der Waals surface area contributed by atoms with Crippen molar-refractivity contribution >= 4 is 33.2 Å². The van der Waals surface area contributed by atoms with Gasteiger partial charge in [0.15, 0.2) is 11.6 Å². The average Bonchev–Trinajstić information content (AvgIpc) is 2.92. The summed E-state index contributed by atoms with van der Waals surface area (Å²) < 4.78 is 11.0. The smallest absolute Gasteiger partial charge is 0.265 e. The molecule has 2 heterocycles. The van der Waals surface area contributed by atoms with Crippen molar-refractivity contribution < 1.29 is 14.1 Å². The van der Waals surface area contributed by atoms with Crippen LogP contribution in [0.3, 0.4) is 0 Å². The minimum absolute atomic E-state index is 0.192. The van der Waals surface area contributed by atoms with E-state index in [0.29, 0.717) is 22.3 Å². The summed E-state index contributed by atoms with van der Waals surface area (Å²) in [5.41, 5.74) is 0. The second-order valence-corrected chi connectivity index (χ2v) is 5.77. The van der Waals surface area contributed by atoms with Gasteiger partial charge in [0, 0.05) is 4.88 Å². The van der Waals surface area contributed by atoms with Crippen LogP contribution < -0.4 is 10.1 Å². The molecule has 0 aliphatic heterocycles. The molecule has 0 bridgehead atoms. The Hall–Kier alpha value is -1.41. The van der Waals surface area contributed by atoms with Gasteiger partial charge in [-0.15, -0.1) is 11.3 Å². The van der Waals surface area contributed by atoms with E-state index in [2.05, 4.69) is 31.4 Å². The van der Waals surface area contributed by atoms with Crippen LogP contribution in [0.5, 0.6) is 5.75 Å². The number of rotatable bonds is 4. The summed E-state index contributed by atoms with van der Waals surface area (Å²) in [6, 6.07) is 0. The Balaban J connectivity index is 2.10. The van der Waals surface area contributed by atoms with Gasteiger partial charge in [0.25, 0.3) is 5.91 Å². The van der Waals surface area contributed by atoms with Gasteiger partial charge in [0.2, 0.25) is 5.89 Å². The van der Waals surface area contributed by atoms with Crippen LogP contribution in [0.25, 0.3) is 0 Å². The zero-order chi connectivity index (χ0) is 14.0. The van der Waals surface area contributed by atoms with Crippen LogP contribution in [0, 0.1) is 13.8 Å². The van der Waals surface area contributed by atoms with Gasteiger partial charge in [-0.1, -0.05) is 5.16 Å². The van der Waals surface area contributed by atoms with Crippen molar-refractivity contribution in [1.82, 2.24) is 15.5 Å². The van der Waals surface area contributed by atoms with Gasteiger partial charge < -0.3 is 14.6 Å². The number of carbonyl (C=O) groups is 1. The van der Waals surface area contributed by atoms with Crippen LogP contribution in [0.1, 0.15) is 26.3 Å². The van der Waals surface area contributed by atoms with Crippen molar-refractivity contribution in [3.63, 3.8) is 0 Å². The zero-order valence-corrected chi connectivity index (χ0v) is 13.0. The number of amides is 1. The van der Waals surface area contributed by atoms with E-state index in [-0.39, 0.29) is 12.5 Å². The van der Waals surface area contributed by atoms with E-state index < -0.39 is 0 Å². The SMILES string of the molecule is COc1c(C(=O)NCc2nc(C)no2)sc(C)c1Br. The maximum absolute atomic E-state index is 12.1. The number of hydrogen-bond donors (Lipinski definition) is 1. The molecule has 2 aromatic rings. The largest absolute Gasteiger partial charge is 0.494 e. The molecule has 2 aromatic heterocycles. The second kappa shape index (κ2) is 5.70. The Labute approximate surface area is 122 Å². The molecule has 6 nitrogen and oxygen atoms in total. The van der Waals surface area contributed by atoms with E-state index in [1.54, 1.807) is 6.92 Å². The molecule has 2 rings (SSSR count). The lowest BCUT2D eigenvalue weighted by Crippen LogP contribution is -2.22. The first-order chi connectivity index (χ1) is 9.02. The van der Waals surface area contributed by atoms with E-state index in [1.807, 2.05) is 6.92 Å². The molecular formula is C11H12BrN3O3S. The van der Waals surface area contributed by atoms with Crippen LogP contribution >= 0.6 is 27.3 Å². The van der Waals surface area contributed by atoms with Crippen molar-refractivity contribution in [1.29, 1.82) is 0 Å². The number of nitrogens with zero attached hydrogens (tertiary/aromatic N) is 2. The zero-order valence-electron chi connectivity index (χ0n) is 10.6. The van der Waals surface area contributed by atoms with Crippen LogP contribution in [-0.4, -0.2) is 23.2 Å². The molecule has 0 unspecified atom stereocenters. The molecule has 19 heavy (non-hydrogen) atoms. The molecular weight excluding hydrogens is 334 g/mol. The number of methoxy groups -OCH3 is 1. The predicted octanol–water partition coefficient (Wildman–Crippen LogP) is 2.45. The Morgan fingerprint density at radius 3 is 2.84 bits per heavy atom. The molecule has 0 atom stereocenters. The van der Waals surface area contributed by atoms with E-state index in [0.717, 1.165) is 9.35 Å². The molecule has 0 aliphatic rings. The number of halogens is 1. The topological polar surface area (TPSA) is 77.2 Å². The Kier molecular flexibility index (Phi) is 4.20. The van der Waals surface area contributed by atoms with Gasteiger partial charge >= 0.3 is 0 Å². The first-order valence-corrected chi connectivity index (χ1v) is 7.04. The standard InChI is InChI=1S/C11H12BrN3O3S/c1-5-8(12)9(17-3)10(19-5)11(16)13-4-7-14-6(2)15-18-7/h4H2,1-3H3,(H,13,16). The molecule has 0 aromatic carbocycles. The van der Waals surface area contributed by atoms with Gasteiger partial charge in [-0.2, -0.15) is 4.98 Å². The second-order valence-electron chi connectivity index (χ2n) is 3.75. The highest BCUT2D eigenvalue weighted by Gasteiger charge is 2.20. The Bertz CT molecular complexity index is 608. The summed E-state index contributed by atoms with van der Waals surface area (Å²) >= 11 is 4.76. The summed E-state index contributed by atoms with van der Waals surface area (Å²) in [5.74, 6) is 1.22. The van der Waals surface area contributed by atoms with Gasteiger partial charge in [-0.3, -0.25) is 4.79 Å². The predicted molar refractivity (Wildman–Crippen MR) is 73.5 cm³/mol. The maximum atomic E-state index is 12.1. The van der Waals surface area contributed by atoms with Crippen molar-refractivity contribution in [3.8, 4) is 5.75 Å². The first-order valence-electron chi connectivity index (χ1n) is 5.43. The third-order valence-corrected chi connectivity index (χ3v) is 4.65. The van der Waals surface area contributed by atoms with Crippen LogP contribution in [0.15, 0.2) is 9.00 Å². The molecule has 0 spiro atoms. The van der Waals surface area contributed by atoms with E-state index in [4.69, 9.17) is 9.26 Å². The fraction of sp³-hybridized carbons (Fsp3) is 0.364. The van der Waals surface area contributed by atoms with E-state index >= 15 is 0 Å². The highest BCUT2D eigenvalue weighted by Crippen LogP contribution is 2.38. The normalized spacial score (nSPS) is 10.5. The van der Waals surface area contributed by atoms with Crippen LogP contribution in [0.4, 0.5) is 0 Å². The maximum Gasteiger partial charge on any atom is 0.265 e. The molecule has 0 radical (unpaired) electrons. The summed E-state index contributed by atoms with van der Waals surface area (Å²) in [6.07, 6.45) is 0. The van der Waals surface area contributed by atoms with Crippen molar-refractivity contribution in [3.05, 3.63) is 25.9 Å². The lowest BCUT2D eigenvalue weighted by atomic mass is 10.3. The number of carbonyl (C=O) groups excluding carboxylic acids is 1. The first kappa shape index (κ1) is 14.0. The third kappa shape index (κ3) is 2.95. The summed E-state index contributed by atoms with van der Waals surface area (Å²) in [7, 11) is 1.53. The highest BCUT2D eigenvalue weighted by atomic mass is 79.9. The molecule has 1 amide bonds. The monoisotopic (exact) mass is 345 g/mol. The van der Waals surface area contributed by atoms with Gasteiger partial charge in [0.1, 0.15) is 4.88 Å². The minimum atomic E-state index is -0.230. The number of hydrogen-bond acceptors (Lipinski definition) is 6. The molecule has 0 saturated heterocycles. The Morgan fingerprint density at radius 1 is 1.53 bits per heavy atom. The average molecular weight is 346 g/mol. The molecule has 8 heteroatoms. The van der Waals surface area contributed by atoms with Crippen LogP contribution in [0.2, 0.25) is 0 Å². The lowest BCUT2D eigenvalue weighted by Gasteiger charge is -2.03.